The Balaban J connectivity index is -0.000000156. The molecule has 1 fully saturated rings. The summed E-state index contributed by atoms with van der Waals surface area (Å²) >= 11 is 0. The number of rotatable bonds is 0. The van der Waals surface area contributed by atoms with E-state index in [0.29, 0.717) is 0 Å². The summed E-state index contributed by atoms with van der Waals surface area (Å²) < 4.78 is 15.0. The van der Waals surface area contributed by atoms with Crippen molar-refractivity contribution in [3.05, 3.63) is 81.8 Å². The van der Waals surface area contributed by atoms with Crippen molar-refractivity contribution in [1.29, 1.82) is 0 Å². The minimum absolute atomic E-state index is 0. The second kappa shape index (κ2) is 23.8. The van der Waals surface area contributed by atoms with Gasteiger partial charge in [-0.1, -0.05) is 0 Å². The van der Waals surface area contributed by atoms with Crippen LogP contribution in [0.3, 0.4) is 0 Å². The zero-order chi connectivity index (χ0) is 11.8. The standard InChI is InChI=1S/C6H5.C5H5.2CO.Fe/c1-2-4-6-5-3-1;1-2-4-5-3-1;2*1-2;/h1-5H;1-5H;;;/q-1;;;;+2. The van der Waals surface area contributed by atoms with Gasteiger partial charge in [0.15, 0.2) is 0 Å². The molecule has 0 N–H and O–H groups in total. The van der Waals surface area contributed by atoms with Gasteiger partial charge in [0.1, 0.15) is 0 Å². The smallest absolute Gasteiger partial charge is 0.184 e. The number of hydrogen-bond acceptors (Lipinski definition) is 0. The first-order valence-corrected chi connectivity index (χ1v) is 3.99. The minimum Gasteiger partial charge on any atom is -0.184 e. The molecule has 0 bridgehead atoms. The first-order chi connectivity index (χ1) is 7.50. The van der Waals surface area contributed by atoms with E-state index in [2.05, 4.69) is 19.4 Å². The Kier molecular flexibility index (Phi) is 30.6. The molecule has 1 aromatic rings. The van der Waals surface area contributed by atoms with Crippen molar-refractivity contribution in [1.82, 2.24) is 0 Å². The van der Waals surface area contributed by atoms with Crippen LogP contribution >= 0.6 is 0 Å². The van der Waals surface area contributed by atoms with Gasteiger partial charge in [-0.2, -0.15) is 36.4 Å². The molecule has 0 heterocycles. The van der Waals surface area contributed by atoms with E-state index in [1.807, 2.05) is 62.4 Å². The van der Waals surface area contributed by atoms with Gasteiger partial charge in [0.2, 0.25) is 0 Å². The molecule has 0 saturated heterocycles. The monoisotopic (exact) mass is 254 g/mol. The molecule has 1 aliphatic carbocycles. The Morgan fingerprint density at radius 2 is 0.938 bits per heavy atom. The molecule has 0 amide bonds. The summed E-state index contributed by atoms with van der Waals surface area (Å²) in [5, 5.41) is 0. The van der Waals surface area contributed by atoms with E-state index >= 15 is 0 Å². The van der Waals surface area contributed by atoms with E-state index in [4.69, 9.17) is 9.30 Å². The quantitative estimate of drug-likeness (QED) is 0.387. The molecule has 0 aromatic heterocycles. The molecule has 1 saturated carbocycles. The van der Waals surface area contributed by atoms with Crippen LogP contribution in [0.4, 0.5) is 0 Å². The Morgan fingerprint density at radius 1 is 0.625 bits per heavy atom. The third-order valence-corrected chi connectivity index (χ3v) is 1.16. The van der Waals surface area contributed by atoms with Crippen LogP contribution in [0.2, 0.25) is 0 Å². The summed E-state index contributed by atoms with van der Waals surface area (Å²) in [5.41, 5.74) is 0. The molecule has 0 aliphatic heterocycles. The fourth-order valence-electron chi connectivity index (χ4n) is 0.663. The Hall–Kier alpha value is -0.781. The normalized spacial score (nSPS) is 10.8. The second-order valence-electron chi connectivity index (χ2n) is 2.04. The van der Waals surface area contributed by atoms with Crippen molar-refractivity contribution in [2.75, 3.05) is 0 Å². The molecular formula is C13H10FeO2+. The molecule has 16 heavy (non-hydrogen) atoms. The van der Waals surface area contributed by atoms with Crippen molar-refractivity contribution in [2.24, 2.45) is 0 Å². The minimum atomic E-state index is 0. The van der Waals surface area contributed by atoms with Crippen LogP contribution in [-0.2, 0) is 26.4 Å². The fourth-order valence-corrected chi connectivity index (χ4v) is 0.663. The van der Waals surface area contributed by atoms with Crippen LogP contribution in [0.5, 0.6) is 0 Å². The van der Waals surface area contributed by atoms with E-state index in [9.17, 15) is 0 Å². The summed E-state index contributed by atoms with van der Waals surface area (Å²) in [4.78, 5) is 0. The van der Waals surface area contributed by atoms with Gasteiger partial charge in [-0.3, -0.25) is 0 Å². The van der Waals surface area contributed by atoms with E-state index in [1.165, 1.54) is 0 Å². The first kappa shape index (κ1) is 20.6. The predicted molar refractivity (Wildman–Crippen MR) is 54.6 cm³/mol. The van der Waals surface area contributed by atoms with Crippen molar-refractivity contribution < 1.29 is 26.4 Å². The van der Waals surface area contributed by atoms with Crippen molar-refractivity contribution >= 4 is 0 Å². The van der Waals surface area contributed by atoms with Crippen LogP contribution in [0, 0.1) is 51.5 Å². The molecule has 0 unspecified atom stereocenters. The summed E-state index contributed by atoms with van der Waals surface area (Å²) in [6.07, 6.45) is 10.0. The maximum atomic E-state index is 7.50. The third kappa shape index (κ3) is 18.9. The number of hydrogen-bond donors (Lipinski definition) is 0. The summed E-state index contributed by atoms with van der Waals surface area (Å²) in [6, 6.07) is 12.5. The maximum Gasteiger partial charge on any atom is 2.00 e. The SMILES string of the molecule is [C-]#[O+].[C-]#[O+].[CH]1[CH][CH][CH][CH]1.[Fe+2].[c-]1ccccc1. The van der Waals surface area contributed by atoms with Crippen LogP contribution < -0.4 is 0 Å². The zero-order valence-corrected chi connectivity index (χ0v) is 9.55. The molecule has 2 nitrogen and oxygen atoms in total. The Bertz CT molecular complexity index is 187. The van der Waals surface area contributed by atoms with Crippen molar-refractivity contribution in [2.45, 2.75) is 0 Å². The molecule has 3 heteroatoms. The molecule has 5 radical (unpaired) electrons. The van der Waals surface area contributed by atoms with Crippen LogP contribution in [0.15, 0.2) is 30.3 Å². The number of benzene rings is 1. The molecular weight excluding hydrogens is 244 g/mol. The largest absolute Gasteiger partial charge is 2.00 e. The molecule has 2 rings (SSSR count). The van der Waals surface area contributed by atoms with Crippen LogP contribution in [0.1, 0.15) is 0 Å². The van der Waals surface area contributed by atoms with E-state index < -0.39 is 0 Å². The first-order valence-electron chi connectivity index (χ1n) is 3.99. The van der Waals surface area contributed by atoms with Gasteiger partial charge in [-0.25, -0.2) is 0 Å². The summed E-state index contributed by atoms with van der Waals surface area (Å²) in [7, 11) is 0. The Morgan fingerprint density at radius 3 is 1.06 bits per heavy atom. The van der Waals surface area contributed by atoms with Gasteiger partial charge in [0, 0.05) is 0 Å². The average Bonchev–Trinajstić information content (AvgIpc) is 2.95. The maximum absolute atomic E-state index is 7.50. The topological polar surface area (TPSA) is 39.8 Å². The van der Waals surface area contributed by atoms with Crippen LogP contribution in [0.25, 0.3) is 0 Å². The fraction of sp³-hybridized carbons (Fsp3) is 0. The summed E-state index contributed by atoms with van der Waals surface area (Å²) in [5.74, 6) is 0. The van der Waals surface area contributed by atoms with E-state index in [-0.39, 0.29) is 17.1 Å². The molecule has 1 aromatic carbocycles. The molecule has 0 atom stereocenters. The zero-order valence-electron chi connectivity index (χ0n) is 8.44. The van der Waals surface area contributed by atoms with E-state index in [1.54, 1.807) is 0 Å². The summed E-state index contributed by atoms with van der Waals surface area (Å²) in [6.45, 7) is 9.00. The van der Waals surface area contributed by atoms with Crippen LogP contribution in [-0.4, -0.2) is 0 Å². The predicted octanol–water partition coefficient (Wildman–Crippen LogP) is 2.43. The van der Waals surface area contributed by atoms with Gasteiger partial charge >= 0.3 is 39.7 Å². The van der Waals surface area contributed by atoms with Crippen molar-refractivity contribution in [3.8, 4) is 0 Å². The molecule has 0 spiro atoms. The van der Waals surface area contributed by atoms with E-state index in [0.717, 1.165) is 0 Å². The van der Waals surface area contributed by atoms with Crippen molar-refractivity contribution in [3.63, 3.8) is 0 Å². The van der Waals surface area contributed by atoms with Gasteiger partial charge in [-0.05, 0) is 32.1 Å². The van der Waals surface area contributed by atoms with Gasteiger partial charge in [-0.15, -0.1) is 0 Å². The average molecular weight is 254 g/mol. The molecule has 81 valence electrons. The molecule has 1 aliphatic rings. The van der Waals surface area contributed by atoms with Gasteiger partial charge in [0.25, 0.3) is 0 Å². The second-order valence-corrected chi connectivity index (χ2v) is 2.04. The van der Waals surface area contributed by atoms with Gasteiger partial charge in [0.05, 0.1) is 0 Å². The van der Waals surface area contributed by atoms with Gasteiger partial charge < -0.3 is 0 Å². The Labute approximate surface area is 108 Å². The third-order valence-electron chi connectivity index (χ3n) is 1.16.